The Morgan fingerprint density at radius 3 is 1.65 bits per heavy atom. The second-order valence-electron chi connectivity index (χ2n) is 3.15. The predicted molar refractivity (Wildman–Crippen MR) is 62.3 cm³/mol. The van der Waals surface area contributed by atoms with E-state index in [4.69, 9.17) is 19.9 Å². The van der Waals surface area contributed by atoms with Crippen molar-refractivity contribution in [2.24, 2.45) is 5.73 Å². The highest BCUT2D eigenvalue weighted by molar-refractivity contribution is 7.85. The van der Waals surface area contributed by atoms with Crippen LogP contribution in [-0.4, -0.2) is 67.5 Å². The van der Waals surface area contributed by atoms with Crippen molar-refractivity contribution in [2.75, 3.05) is 59.0 Å². The molecule has 7 nitrogen and oxygen atoms in total. The summed E-state index contributed by atoms with van der Waals surface area (Å²) in [5.41, 5.74) is 5.23. The molecule has 0 aliphatic heterocycles. The molecule has 0 heterocycles. The van der Waals surface area contributed by atoms with Crippen LogP contribution in [0.1, 0.15) is 0 Å². The molecule has 0 fully saturated rings. The van der Waals surface area contributed by atoms with Crippen LogP contribution < -0.4 is 5.73 Å². The minimum absolute atomic E-state index is 0.0262. The van der Waals surface area contributed by atoms with Crippen LogP contribution in [0.15, 0.2) is 0 Å². The van der Waals surface area contributed by atoms with Gasteiger partial charge in [-0.25, -0.2) is 0 Å². The topological polar surface area (TPSA) is 97.1 Å². The fourth-order valence-corrected chi connectivity index (χ4v) is 1.24. The zero-order valence-corrected chi connectivity index (χ0v) is 10.9. The molecule has 0 unspecified atom stereocenters. The van der Waals surface area contributed by atoms with E-state index in [0.29, 0.717) is 39.6 Å². The van der Waals surface area contributed by atoms with E-state index in [-0.39, 0.29) is 13.2 Å². The molecule has 104 valence electrons. The standard InChI is InChI=1S/C9H21NO6S/c1-17(11,12)16-9-8-15-7-6-14-5-4-13-3-2-10/h2-10H2,1H3. The minimum atomic E-state index is -3.37. The lowest BCUT2D eigenvalue weighted by Crippen LogP contribution is -2.15. The van der Waals surface area contributed by atoms with Gasteiger partial charge in [-0.05, 0) is 0 Å². The third-order valence-corrected chi connectivity index (χ3v) is 2.13. The first-order chi connectivity index (χ1) is 8.06. The summed E-state index contributed by atoms with van der Waals surface area (Å²) in [4.78, 5) is 0. The van der Waals surface area contributed by atoms with Crippen molar-refractivity contribution in [2.45, 2.75) is 0 Å². The number of hydrogen-bond acceptors (Lipinski definition) is 7. The van der Waals surface area contributed by atoms with Crippen molar-refractivity contribution in [3.05, 3.63) is 0 Å². The molecule has 0 atom stereocenters. The Balaban J connectivity index is 3.04. The van der Waals surface area contributed by atoms with Gasteiger partial charge in [0.1, 0.15) is 0 Å². The molecule has 0 radical (unpaired) electrons. The highest BCUT2D eigenvalue weighted by atomic mass is 32.2. The number of hydrogen-bond donors (Lipinski definition) is 1. The Bertz CT molecular complexity index is 256. The van der Waals surface area contributed by atoms with Crippen LogP contribution in [0.2, 0.25) is 0 Å². The van der Waals surface area contributed by atoms with Gasteiger partial charge in [0.05, 0.1) is 52.5 Å². The van der Waals surface area contributed by atoms with Crippen molar-refractivity contribution in [3.63, 3.8) is 0 Å². The van der Waals surface area contributed by atoms with Crippen LogP contribution in [-0.2, 0) is 28.5 Å². The molecule has 0 amide bonds. The van der Waals surface area contributed by atoms with E-state index in [0.717, 1.165) is 6.26 Å². The second-order valence-corrected chi connectivity index (χ2v) is 4.80. The van der Waals surface area contributed by atoms with Gasteiger partial charge in [-0.1, -0.05) is 0 Å². The molecule has 17 heavy (non-hydrogen) atoms. The number of rotatable bonds is 12. The van der Waals surface area contributed by atoms with Crippen molar-refractivity contribution in [1.29, 1.82) is 0 Å². The van der Waals surface area contributed by atoms with Crippen molar-refractivity contribution >= 4 is 10.1 Å². The zero-order chi connectivity index (χ0) is 13.0. The normalized spacial score (nSPS) is 11.9. The molecule has 0 aliphatic rings. The smallest absolute Gasteiger partial charge is 0.264 e. The van der Waals surface area contributed by atoms with Gasteiger partial charge in [0, 0.05) is 6.54 Å². The highest BCUT2D eigenvalue weighted by Crippen LogP contribution is 1.87. The van der Waals surface area contributed by atoms with E-state index in [2.05, 4.69) is 4.18 Å². The largest absolute Gasteiger partial charge is 0.378 e. The van der Waals surface area contributed by atoms with Gasteiger partial charge in [0.2, 0.25) is 0 Å². The maximum Gasteiger partial charge on any atom is 0.264 e. The van der Waals surface area contributed by atoms with Gasteiger partial charge in [-0.15, -0.1) is 0 Å². The van der Waals surface area contributed by atoms with Crippen LogP contribution >= 0.6 is 0 Å². The molecule has 0 bridgehead atoms. The highest BCUT2D eigenvalue weighted by Gasteiger charge is 2.00. The Morgan fingerprint density at radius 2 is 1.24 bits per heavy atom. The second kappa shape index (κ2) is 10.9. The van der Waals surface area contributed by atoms with Crippen LogP contribution in [0, 0.1) is 0 Å². The predicted octanol–water partition coefficient (Wildman–Crippen LogP) is -1.03. The van der Waals surface area contributed by atoms with Gasteiger partial charge in [-0.2, -0.15) is 8.42 Å². The summed E-state index contributed by atoms with van der Waals surface area (Å²) in [7, 11) is -3.37. The van der Waals surface area contributed by atoms with Crippen LogP contribution in [0.5, 0.6) is 0 Å². The molecule has 2 N–H and O–H groups in total. The summed E-state index contributed by atoms with van der Waals surface area (Å²) in [5.74, 6) is 0. The van der Waals surface area contributed by atoms with Gasteiger partial charge in [-0.3, -0.25) is 4.18 Å². The van der Waals surface area contributed by atoms with Crippen LogP contribution in [0.25, 0.3) is 0 Å². The average Bonchev–Trinajstić information content (AvgIpc) is 2.24. The van der Waals surface area contributed by atoms with Crippen molar-refractivity contribution in [1.82, 2.24) is 0 Å². The van der Waals surface area contributed by atoms with Gasteiger partial charge >= 0.3 is 0 Å². The van der Waals surface area contributed by atoms with E-state index in [1.54, 1.807) is 0 Å². The lowest BCUT2D eigenvalue weighted by Gasteiger charge is -2.06. The van der Waals surface area contributed by atoms with Crippen molar-refractivity contribution < 1.29 is 26.8 Å². The van der Waals surface area contributed by atoms with Gasteiger partial charge < -0.3 is 19.9 Å². The lowest BCUT2D eigenvalue weighted by atomic mass is 10.7. The van der Waals surface area contributed by atoms with Crippen molar-refractivity contribution in [3.8, 4) is 0 Å². The zero-order valence-electron chi connectivity index (χ0n) is 10.1. The third kappa shape index (κ3) is 15.8. The Kier molecular flexibility index (Phi) is 10.7. The third-order valence-electron chi connectivity index (χ3n) is 1.53. The van der Waals surface area contributed by atoms with Crippen LogP contribution in [0.3, 0.4) is 0 Å². The molecule has 0 aromatic carbocycles. The molecule has 0 spiro atoms. The summed E-state index contributed by atoms with van der Waals surface area (Å²) in [6.45, 7) is 3.11. The molecule has 0 saturated carbocycles. The van der Waals surface area contributed by atoms with E-state index >= 15 is 0 Å². The first-order valence-electron chi connectivity index (χ1n) is 5.34. The maximum absolute atomic E-state index is 10.6. The van der Waals surface area contributed by atoms with E-state index in [9.17, 15) is 8.42 Å². The molecule has 0 rings (SSSR count). The summed E-state index contributed by atoms with van der Waals surface area (Å²) >= 11 is 0. The first-order valence-corrected chi connectivity index (χ1v) is 7.15. The first kappa shape index (κ1) is 16.8. The summed E-state index contributed by atoms with van der Waals surface area (Å²) in [6, 6.07) is 0. The summed E-state index contributed by atoms with van der Waals surface area (Å²) in [6.07, 6.45) is 0.997. The number of nitrogens with two attached hydrogens (primary N) is 1. The molecule has 0 aliphatic carbocycles. The fourth-order valence-electron chi connectivity index (χ4n) is 0.870. The Labute approximate surface area is 102 Å². The van der Waals surface area contributed by atoms with E-state index in [1.165, 1.54) is 0 Å². The van der Waals surface area contributed by atoms with E-state index in [1.807, 2.05) is 0 Å². The Morgan fingerprint density at radius 1 is 0.824 bits per heavy atom. The molecule has 0 aromatic rings. The Hall–Kier alpha value is -0.250. The maximum atomic E-state index is 10.6. The molecular weight excluding hydrogens is 250 g/mol. The monoisotopic (exact) mass is 271 g/mol. The summed E-state index contributed by atoms with van der Waals surface area (Å²) < 4.78 is 41.0. The lowest BCUT2D eigenvalue weighted by molar-refractivity contribution is 0.0110. The molecule has 8 heteroatoms. The summed E-state index contributed by atoms with van der Waals surface area (Å²) in [5, 5.41) is 0. The SMILES string of the molecule is CS(=O)(=O)OCCOCCOCCOCCN. The van der Waals surface area contributed by atoms with E-state index < -0.39 is 10.1 Å². The molecular formula is C9H21NO6S. The average molecular weight is 271 g/mol. The minimum Gasteiger partial charge on any atom is -0.378 e. The van der Waals surface area contributed by atoms with Crippen LogP contribution in [0.4, 0.5) is 0 Å². The fraction of sp³-hybridized carbons (Fsp3) is 1.00. The van der Waals surface area contributed by atoms with Gasteiger partial charge in [0.25, 0.3) is 10.1 Å². The molecule has 0 aromatic heterocycles. The van der Waals surface area contributed by atoms with Gasteiger partial charge in [0.15, 0.2) is 0 Å². The quantitative estimate of drug-likeness (QED) is 0.358. The number of ether oxygens (including phenoxy) is 3. The molecule has 0 saturated heterocycles.